The number of carbonyl (C=O) groups is 2. The minimum Gasteiger partial charge on any atom is -0.481 e. The zero-order chi connectivity index (χ0) is 24.5. The van der Waals surface area contributed by atoms with Crippen LogP contribution in [0.2, 0.25) is 0 Å². The molecule has 7 heteroatoms. The zero-order valence-electron chi connectivity index (χ0n) is 19.7. The van der Waals surface area contributed by atoms with E-state index in [4.69, 9.17) is 4.98 Å². The third-order valence-corrected chi connectivity index (χ3v) is 5.82. The molecule has 4 rings (SSSR count). The molecule has 2 aromatic heterocycles. The van der Waals surface area contributed by atoms with Gasteiger partial charge < -0.3 is 15.0 Å². The maximum absolute atomic E-state index is 12.5. The van der Waals surface area contributed by atoms with Crippen LogP contribution in [0.5, 0.6) is 0 Å². The molecular weight excluding hydrogens is 428 g/mol. The smallest absolute Gasteiger partial charge is 0.309 e. The molecule has 0 saturated carbocycles. The summed E-state index contributed by atoms with van der Waals surface area (Å²) in [5.41, 5.74) is 3.86. The number of aliphatic carboxylic acids is 1. The predicted octanol–water partition coefficient (Wildman–Crippen LogP) is 6.11. The van der Waals surface area contributed by atoms with Gasteiger partial charge >= 0.3 is 5.97 Å². The molecule has 0 fully saturated rings. The zero-order valence-corrected chi connectivity index (χ0v) is 19.7. The first kappa shape index (κ1) is 23.2. The maximum Gasteiger partial charge on any atom is 0.309 e. The van der Waals surface area contributed by atoms with Gasteiger partial charge in [0.15, 0.2) is 5.78 Å². The number of anilines is 2. The number of nitrogens with zero attached hydrogens (tertiary/aromatic N) is 3. The number of carbonyl (C=O) groups excluding carboxylic acids is 1. The molecule has 2 N–H and O–H groups in total. The van der Waals surface area contributed by atoms with Crippen molar-refractivity contribution in [3.05, 3.63) is 72.4 Å². The number of benzene rings is 2. The van der Waals surface area contributed by atoms with E-state index in [0.717, 1.165) is 33.9 Å². The molecule has 0 radical (unpaired) electrons. The monoisotopic (exact) mass is 456 g/mol. The summed E-state index contributed by atoms with van der Waals surface area (Å²) in [4.78, 5) is 33.1. The quantitative estimate of drug-likeness (QED) is 0.311. The van der Waals surface area contributed by atoms with E-state index in [1.165, 1.54) is 0 Å². The Labute approximate surface area is 198 Å². The van der Waals surface area contributed by atoms with E-state index in [1.54, 1.807) is 32.2 Å². The van der Waals surface area contributed by atoms with Crippen LogP contribution in [0.4, 0.5) is 11.6 Å². The van der Waals surface area contributed by atoms with Gasteiger partial charge in [0, 0.05) is 23.6 Å². The predicted molar refractivity (Wildman–Crippen MR) is 133 cm³/mol. The number of ketones is 1. The number of fused-ring (bicyclic) bond motifs is 1. The first-order valence-electron chi connectivity index (χ1n) is 11.2. The van der Waals surface area contributed by atoms with E-state index in [2.05, 4.69) is 34.8 Å². The summed E-state index contributed by atoms with van der Waals surface area (Å²) in [6.07, 6.45) is 1.70. The van der Waals surface area contributed by atoms with Crippen molar-refractivity contribution >= 4 is 34.4 Å². The van der Waals surface area contributed by atoms with Crippen molar-refractivity contribution in [2.24, 2.45) is 5.41 Å². The molecule has 0 atom stereocenters. The summed E-state index contributed by atoms with van der Waals surface area (Å²) < 4.78 is 2.16. The van der Waals surface area contributed by atoms with Crippen molar-refractivity contribution in [3.8, 4) is 11.3 Å². The molecule has 0 aliphatic carbocycles. The highest BCUT2D eigenvalue weighted by Gasteiger charge is 2.30. The summed E-state index contributed by atoms with van der Waals surface area (Å²) in [7, 11) is 0. The maximum atomic E-state index is 12.5. The minimum atomic E-state index is -1.10. The Bertz CT molecular complexity index is 1340. The summed E-state index contributed by atoms with van der Waals surface area (Å²) in [5, 5.41) is 12.6. The summed E-state index contributed by atoms with van der Waals surface area (Å²) in [6, 6.07) is 19.2. The van der Waals surface area contributed by atoms with Gasteiger partial charge in [-0.05, 0) is 52.0 Å². The van der Waals surface area contributed by atoms with Crippen LogP contribution in [0, 0.1) is 5.41 Å². The lowest BCUT2D eigenvalue weighted by Gasteiger charge is -2.17. The third kappa shape index (κ3) is 4.69. The highest BCUT2D eigenvalue weighted by Crippen LogP contribution is 2.28. The number of hydrogen-bond donors (Lipinski definition) is 2. The summed E-state index contributed by atoms with van der Waals surface area (Å²) in [6.45, 7) is 7.35. The molecule has 4 aromatic rings. The largest absolute Gasteiger partial charge is 0.481 e. The van der Waals surface area contributed by atoms with E-state index in [-0.39, 0.29) is 18.2 Å². The molecule has 2 aromatic carbocycles. The van der Waals surface area contributed by atoms with Gasteiger partial charge in [-0.3, -0.25) is 14.6 Å². The molecule has 7 nitrogen and oxygen atoms in total. The number of rotatable bonds is 8. The van der Waals surface area contributed by atoms with Gasteiger partial charge in [0.2, 0.25) is 5.95 Å². The van der Waals surface area contributed by atoms with Crippen LogP contribution < -0.4 is 5.32 Å². The second kappa shape index (κ2) is 9.09. The molecule has 174 valence electrons. The molecule has 0 saturated heterocycles. The van der Waals surface area contributed by atoms with Crippen molar-refractivity contribution in [1.82, 2.24) is 14.5 Å². The second-order valence-corrected chi connectivity index (χ2v) is 9.31. The summed E-state index contributed by atoms with van der Waals surface area (Å²) >= 11 is 0. The fraction of sp³-hybridized carbons (Fsp3) is 0.259. The Morgan fingerprint density at radius 2 is 1.74 bits per heavy atom. The molecule has 2 heterocycles. The average molecular weight is 457 g/mol. The van der Waals surface area contributed by atoms with Crippen molar-refractivity contribution in [2.45, 2.75) is 40.2 Å². The lowest BCUT2D eigenvalue weighted by molar-refractivity contribution is -0.146. The Kier molecular flexibility index (Phi) is 6.20. The SMILES string of the molecule is CC(C)n1c(Nc2ccc(-c3ccc(C(=O)CC(C)(C)C(=O)O)cc3)nc2)nc2ccccc21. The van der Waals surface area contributed by atoms with Gasteiger partial charge in [-0.15, -0.1) is 0 Å². The highest BCUT2D eigenvalue weighted by molar-refractivity contribution is 5.99. The van der Waals surface area contributed by atoms with Crippen LogP contribution in [-0.4, -0.2) is 31.4 Å². The molecule has 0 spiro atoms. The third-order valence-electron chi connectivity index (χ3n) is 5.82. The fourth-order valence-corrected chi connectivity index (χ4v) is 3.83. The van der Waals surface area contributed by atoms with E-state index < -0.39 is 11.4 Å². The van der Waals surface area contributed by atoms with Crippen molar-refractivity contribution in [2.75, 3.05) is 5.32 Å². The van der Waals surface area contributed by atoms with Gasteiger partial charge in [0.25, 0.3) is 0 Å². The number of imidazole rings is 1. The molecule has 0 aliphatic rings. The topological polar surface area (TPSA) is 97.1 Å². The molecule has 0 aliphatic heterocycles. The van der Waals surface area contributed by atoms with Crippen LogP contribution in [0.15, 0.2) is 66.9 Å². The first-order valence-corrected chi connectivity index (χ1v) is 11.2. The van der Waals surface area contributed by atoms with Gasteiger partial charge in [-0.25, -0.2) is 4.98 Å². The number of para-hydroxylation sites is 2. The Morgan fingerprint density at radius 1 is 1.03 bits per heavy atom. The molecule has 0 bridgehead atoms. The fourth-order valence-electron chi connectivity index (χ4n) is 3.83. The van der Waals surface area contributed by atoms with E-state index in [1.807, 2.05) is 42.5 Å². The van der Waals surface area contributed by atoms with Crippen LogP contribution in [0.1, 0.15) is 50.5 Å². The standard InChI is InChI=1S/C27H28N4O3/c1-17(2)31-23-8-6-5-7-22(23)30-26(31)29-20-13-14-21(28-16-20)18-9-11-19(12-10-18)24(32)15-27(3,4)25(33)34/h5-14,16-17H,15H2,1-4H3,(H,29,30)(H,33,34). The van der Waals surface area contributed by atoms with Crippen LogP contribution in [0.3, 0.4) is 0 Å². The Morgan fingerprint density at radius 3 is 2.35 bits per heavy atom. The van der Waals surface area contributed by atoms with Crippen molar-refractivity contribution < 1.29 is 14.7 Å². The highest BCUT2D eigenvalue weighted by atomic mass is 16.4. The number of pyridine rings is 1. The Balaban J connectivity index is 1.50. The summed E-state index contributed by atoms with van der Waals surface area (Å²) in [5.74, 6) is -0.420. The van der Waals surface area contributed by atoms with E-state index in [9.17, 15) is 14.7 Å². The van der Waals surface area contributed by atoms with Gasteiger partial charge in [-0.2, -0.15) is 0 Å². The van der Waals surface area contributed by atoms with Crippen LogP contribution in [0.25, 0.3) is 22.3 Å². The van der Waals surface area contributed by atoms with Gasteiger partial charge in [0.1, 0.15) is 0 Å². The minimum absolute atomic E-state index is 0.0541. The number of aromatic nitrogens is 3. The number of nitrogens with one attached hydrogen (secondary N) is 1. The number of Topliss-reactive ketones (excluding diaryl/α,β-unsaturated/α-hetero) is 1. The normalized spacial score (nSPS) is 11.7. The average Bonchev–Trinajstić information content (AvgIpc) is 3.17. The van der Waals surface area contributed by atoms with Crippen molar-refractivity contribution in [3.63, 3.8) is 0 Å². The number of carboxylic acids is 1. The van der Waals surface area contributed by atoms with Crippen LogP contribution in [-0.2, 0) is 4.79 Å². The number of carboxylic acid groups (broad SMARTS) is 1. The molecule has 0 amide bonds. The molecule has 34 heavy (non-hydrogen) atoms. The molecular formula is C27H28N4O3. The molecule has 0 unspecified atom stereocenters. The lowest BCUT2D eigenvalue weighted by atomic mass is 9.85. The van der Waals surface area contributed by atoms with Crippen molar-refractivity contribution in [1.29, 1.82) is 0 Å². The van der Waals surface area contributed by atoms with E-state index in [0.29, 0.717) is 5.56 Å². The number of hydrogen-bond acceptors (Lipinski definition) is 5. The lowest BCUT2D eigenvalue weighted by Crippen LogP contribution is -2.26. The van der Waals surface area contributed by atoms with Crippen LogP contribution >= 0.6 is 0 Å². The van der Waals surface area contributed by atoms with Gasteiger partial charge in [-0.1, -0.05) is 36.4 Å². The van der Waals surface area contributed by atoms with Gasteiger partial charge in [0.05, 0.1) is 34.0 Å². The second-order valence-electron chi connectivity index (χ2n) is 9.31. The first-order chi connectivity index (χ1) is 16.2. The Hall–Kier alpha value is -4.00. The van der Waals surface area contributed by atoms with E-state index >= 15 is 0 Å².